The summed E-state index contributed by atoms with van der Waals surface area (Å²) in [5.74, 6) is -1.64. The summed E-state index contributed by atoms with van der Waals surface area (Å²) in [7, 11) is 0. The number of pyridine rings is 1. The minimum Gasteiger partial charge on any atom is -0.377 e. The molecular weight excluding hydrogens is 414 g/mol. The van der Waals surface area contributed by atoms with E-state index in [1.807, 2.05) is 29.1 Å². The Balaban J connectivity index is 1.33. The molecular formula is C24H18F2N4O2. The summed E-state index contributed by atoms with van der Waals surface area (Å²) in [4.78, 5) is 18.2. The van der Waals surface area contributed by atoms with Crippen LogP contribution in [0, 0.1) is 11.6 Å². The van der Waals surface area contributed by atoms with Crippen molar-refractivity contribution in [2.24, 2.45) is 0 Å². The normalized spacial score (nSPS) is 15.9. The zero-order valence-electron chi connectivity index (χ0n) is 17.0. The van der Waals surface area contributed by atoms with Crippen LogP contribution in [0.15, 0.2) is 54.9 Å². The lowest BCUT2D eigenvalue weighted by molar-refractivity contribution is -0.0283. The van der Waals surface area contributed by atoms with Gasteiger partial charge in [-0.05, 0) is 41.5 Å². The quantitative estimate of drug-likeness (QED) is 0.487. The molecule has 4 heterocycles. The lowest BCUT2D eigenvalue weighted by atomic mass is 9.99. The van der Waals surface area contributed by atoms with E-state index >= 15 is 8.78 Å². The van der Waals surface area contributed by atoms with Crippen LogP contribution in [0.5, 0.6) is 0 Å². The predicted molar refractivity (Wildman–Crippen MR) is 113 cm³/mol. The number of ether oxygens (including phenoxy) is 1. The van der Waals surface area contributed by atoms with Crippen LogP contribution in [0.3, 0.4) is 0 Å². The molecule has 160 valence electrons. The van der Waals surface area contributed by atoms with Crippen molar-refractivity contribution in [3.05, 3.63) is 83.3 Å². The number of halogens is 2. The Labute approximate surface area is 182 Å². The molecule has 6 nitrogen and oxygen atoms in total. The minimum atomic E-state index is -0.687. The van der Waals surface area contributed by atoms with Gasteiger partial charge >= 0.3 is 0 Å². The van der Waals surface area contributed by atoms with Crippen LogP contribution in [0.4, 0.5) is 8.78 Å². The van der Waals surface area contributed by atoms with Crippen molar-refractivity contribution in [1.82, 2.24) is 19.7 Å². The molecule has 1 fully saturated rings. The van der Waals surface area contributed by atoms with E-state index < -0.39 is 11.6 Å². The second-order valence-electron chi connectivity index (χ2n) is 8.12. The lowest BCUT2D eigenvalue weighted by Crippen LogP contribution is -2.30. The maximum atomic E-state index is 15.1. The molecule has 32 heavy (non-hydrogen) atoms. The predicted octanol–water partition coefficient (Wildman–Crippen LogP) is 4.10. The number of benzene rings is 2. The maximum Gasteiger partial charge on any atom is 0.256 e. The zero-order valence-corrected chi connectivity index (χ0v) is 17.0. The zero-order chi connectivity index (χ0) is 21.8. The van der Waals surface area contributed by atoms with Crippen molar-refractivity contribution in [2.75, 3.05) is 13.2 Å². The van der Waals surface area contributed by atoms with Gasteiger partial charge in [-0.25, -0.2) is 8.78 Å². The monoisotopic (exact) mass is 432 g/mol. The highest BCUT2D eigenvalue weighted by atomic mass is 19.1. The van der Waals surface area contributed by atoms with Gasteiger partial charge in [0.15, 0.2) is 0 Å². The van der Waals surface area contributed by atoms with Crippen LogP contribution >= 0.6 is 0 Å². The summed E-state index contributed by atoms with van der Waals surface area (Å²) in [6, 6.07) is 11.7. The number of carbonyl (C=O) groups excluding carboxylic acids is 1. The molecule has 0 bridgehead atoms. The summed E-state index contributed by atoms with van der Waals surface area (Å²) >= 11 is 0. The third kappa shape index (κ3) is 2.98. The number of nitrogens with zero attached hydrogens (tertiary/aromatic N) is 4. The van der Waals surface area contributed by atoms with E-state index in [-0.39, 0.29) is 30.6 Å². The maximum absolute atomic E-state index is 15.1. The van der Waals surface area contributed by atoms with Crippen LogP contribution in [0.1, 0.15) is 27.7 Å². The number of hydrogen-bond acceptors (Lipinski definition) is 4. The Morgan fingerprint density at radius 1 is 1.06 bits per heavy atom. The molecule has 4 aromatic rings. The lowest BCUT2D eigenvalue weighted by Gasteiger charge is -2.25. The van der Waals surface area contributed by atoms with Crippen molar-refractivity contribution in [1.29, 1.82) is 0 Å². The largest absolute Gasteiger partial charge is 0.377 e. The third-order valence-corrected chi connectivity index (χ3v) is 6.11. The Morgan fingerprint density at radius 3 is 2.56 bits per heavy atom. The molecule has 1 amide bonds. The molecule has 0 N–H and O–H groups in total. The molecule has 2 aromatic heterocycles. The van der Waals surface area contributed by atoms with E-state index in [0.29, 0.717) is 35.6 Å². The van der Waals surface area contributed by atoms with E-state index in [4.69, 9.17) is 4.74 Å². The minimum absolute atomic E-state index is 0.135. The Morgan fingerprint density at radius 2 is 1.84 bits per heavy atom. The average Bonchev–Trinajstić information content (AvgIpc) is 3.30. The topological polar surface area (TPSA) is 60.2 Å². The van der Waals surface area contributed by atoms with Gasteiger partial charge in [0, 0.05) is 23.3 Å². The van der Waals surface area contributed by atoms with Gasteiger partial charge in [0.25, 0.3) is 5.91 Å². The van der Waals surface area contributed by atoms with E-state index in [9.17, 15) is 4.79 Å². The molecule has 0 unspecified atom stereocenters. The van der Waals surface area contributed by atoms with Crippen LogP contribution in [0.2, 0.25) is 0 Å². The highest BCUT2D eigenvalue weighted by Crippen LogP contribution is 2.33. The van der Waals surface area contributed by atoms with Gasteiger partial charge in [-0.2, -0.15) is 5.10 Å². The van der Waals surface area contributed by atoms with Crippen molar-refractivity contribution in [3.8, 4) is 11.1 Å². The SMILES string of the molecule is O=C1c2cccnc2CN1Cc1c(F)cc(-c2cccc3nn(C4COC4)cc23)cc1F. The molecule has 0 spiro atoms. The molecule has 8 heteroatoms. The summed E-state index contributed by atoms with van der Waals surface area (Å²) in [5, 5.41) is 5.40. The number of carbonyl (C=O) groups is 1. The fraction of sp³-hybridized carbons (Fsp3) is 0.208. The fourth-order valence-electron chi connectivity index (χ4n) is 4.29. The standard InChI is InChI=1S/C24H18F2N4O2/c25-20-7-14(16-3-1-5-22-18(16)10-30(28-22)15-12-32-13-15)8-21(26)19(20)9-29-11-23-17(24(29)31)4-2-6-27-23/h1-8,10,15H,9,11-13H2. The fourth-order valence-corrected chi connectivity index (χ4v) is 4.29. The molecule has 0 radical (unpaired) electrons. The Hall–Kier alpha value is -3.65. The number of amides is 1. The smallest absolute Gasteiger partial charge is 0.256 e. The number of hydrogen-bond donors (Lipinski definition) is 0. The molecule has 1 saturated heterocycles. The highest BCUT2D eigenvalue weighted by molar-refractivity contribution is 5.97. The van der Waals surface area contributed by atoms with Gasteiger partial charge in [-0.15, -0.1) is 0 Å². The van der Waals surface area contributed by atoms with Crippen molar-refractivity contribution in [2.45, 2.75) is 19.1 Å². The Kier molecular flexibility index (Phi) is 4.29. The van der Waals surface area contributed by atoms with Crippen molar-refractivity contribution in [3.63, 3.8) is 0 Å². The second kappa shape index (κ2) is 7.20. The molecule has 0 atom stereocenters. The molecule has 2 aliphatic heterocycles. The molecule has 2 aliphatic rings. The van der Waals surface area contributed by atoms with Crippen molar-refractivity contribution >= 4 is 16.8 Å². The third-order valence-electron chi connectivity index (χ3n) is 6.11. The molecule has 2 aromatic carbocycles. The first-order valence-electron chi connectivity index (χ1n) is 10.4. The van der Waals surface area contributed by atoms with Gasteiger partial charge in [-0.3, -0.25) is 14.5 Å². The van der Waals surface area contributed by atoms with Crippen LogP contribution in [0.25, 0.3) is 22.0 Å². The number of aromatic nitrogens is 3. The first-order valence-corrected chi connectivity index (χ1v) is 10.4. The molecule has 0 aliphatic carbocycles. The first-order chi connectivity index (χ1) is 15.6. The van der Waals surface area contributed by atoms with Crippen LogP contribution in [-0.2, 0) is 17.8 Å². The summed E-state index contributed by atoms with van der Waals surface area (Å²) < 4.78 is 37.2. The Bertz CT molecular complexity index is 1360. The molecule has 0 saturated carbocycles. The van der Waals surface area contributed by atoms with E-state index in [0.717, 1.165) is 10.9 Å². The van der Waals surface area contributed by atoms with E-state index in [2.05, 4.69) is 10.1 Å². The molecule has 6 rings (SSSR count). The summed E-state index contributed by atoms with van der Waals surface area (Å²) in [6.45, 7) is 1.29. The average molecular weight is 432 g/mol. The number of rotatable bonds is 4. The van der Waals surface area contributed by atoms with Crippen LogP contribution in [-0.4, -0.2) is 38.8 Å². The van der Waals surface area contributed by atoms with Crippen molar-refractivity contribution < 1.29 is 18.3 Å². The van der Waals surface area contributed by atoms with E-state index in [1.54, 1.807) is 18.3 Å². The number of fused-ring (bicyclic) bond motifs is 2. The summed E-state index contributed by atoms with van der Waals surface area (Å²) in [6.07, 6.45) is 3.50. The van der Waals surface area contributed by atoms with Gasteiger partial charge < -0.3 is 9.64 Å². The first kappa shape index (κ1) is 19.1. The van der Waals surface area contributed by atoms with Gasteiger partial charge in [0.05, 0.1) is 49.1 Å². The van der Waals surface area contributed by atoms with Gasteiger partial charge in [0.1, 0.15) is 11.6 Å². The summed E-state index contributed by atoms with van der Waals surface area (Å²) in [5.41, 5.74) is 2.85. The van der Waals surface area contributed by atoms with Gasteiger partial charge in [-0.1, -0.05) is 12.1 Å². The van der Waals surface area contributed by atoms with Crippen LogP contribution < -0.4 is 0 Å². The second-order valence-corrected chi connectivity index (χ2v) is 8.12. The highest BCUT2D eigenvalue weighted by Gasteiger charge is 2.30. The van der Waals surface area contributed by atoms with Gasteiger partial charge in [0.2, 0.25) is 0 Å². The van der Waals surface area contributed by atoms with E-state index in [1.165, 1.54) is 17.0 Å².